The van der Waals surface area contributed by atoms with Gasteiger partial charge in [-0.3, -0.25) is 0 Å². The molecule has 0 amide bonds. The van der Waals surface area contributed by atoms with Gasteiger partial charge in [-0.2, -0.15) is 0 Å². The van der Waals surface area contributed by atoms with Gasteiger partial charge in [0.15, 0.2) is 11.6 Å². The van der Waals surface area contributed by atoms with Crippen molar-refractivity contribution >= 4 is 5.97 Å². The third-order valence-electron chi connectivity index (χ3n) is 1.75. The molecule has 0 aromatic heterocycles. The summed E-state index contributed by atoms with van der Waals surface area (Å²) in [5, 5.41) is 0. The number of ether oxygens (including phenoxy) is 2. The van der Waals surface area contributed by atoms with Gasteiger partial charge in [-0.25, -0.2) is 13.6 Å². The minimum Gasteiger partial charge on any atom is -0.491 e. The number of halogens is 2. The van der Waals surface area contributed by atoms with E-state index in [1.807, 2.05) is 0 Å². The molecule has 0 aliphatic carbocycles. The van der Waals surface area contributed by atoms with E-state index in [2.05, 4.69) is 4.74 Å². The lowest BCUT2D eigenvalue weighted by molar-refractivity contribution is 0.0588. The second kappa shape index (κ2) is 4.72. The molecule has 0 aliphatic rings. The first-order valence-electron chi connectivity index (χ1n) is 4.31. The molecule has 1 aromatic rings. The highest BCUT2D eigenvalue weighted by Gasteiger charge is 2.21. The summed E-state index contributed by atoms with van der Waals surface area (Å²) < 4.78 is 35.7. The fraction of sp³-hybridized carbons (Fsp3) is 0.300. The van der Waals surface area contributed by atoms with Crippen LogP contribution in [0.4, 0.5) is 8.78 Å². The maximum absolute atomic E-state index is 13.5. The number of benzene rings is 1. The van der Waals surface area contributed by atoms with Crippen LogP contribution in [0.2, 0.25) is 0 Å². The maximum atomic E-state index is 13.5. The van der Waals surface area contributed by atoms with Crippen LogP contribution in [0, 0.1) is 11.6 Å². The van der Waals surface area contributed by atoms with Gasteiger partial charge in [0.1, 0.15) is 11.4 Å². The van der Waals surface area contributed by atoms with E-state index >= 15 is 0 Å². The molecule has 0 unspecified atom stereocenters. The highest BCUT2D eigenvalue weighted by molar-refractivity contribution is 5.90. The van der Waals surface area contributed by atoms with Gasteiger partial charge < -0.3 is 9.47 Å². The largest absolute Gasteiger partial charge is 0.491 e. The molecule has 0 aliphatic heterocycles. The summed E-state index contributed by atoms with van der Waals surface area (Å²) >= 11 is 0. The third-order valence-corrected chi connectivity index (χ3v) is 1.75. The first kappa shape index (κ1) is 11.4. The van der Waals surface area contributed by atoms with E-state index in [-0.39, 0.29) is 12.4 Å². The second-order valence-corrected chi connectivity index (χ2v) is 2.66. The van der Waals surface area contributed by atoms with Gasteiger partial charge in [0, 0.05) is 0 Å². The van der Waals surface area contributed by atoms with Gasteiger partial charge in [-0.1, -0.05) is 0 Å². The van der Waals surface area contributed by atoms with E-state index in [4.69, 9.17) is 4.74 Å². The number of carbonyl (C=O) groups excluding carboxylic acids is 1. The first-order valence-corrected chi connectivity index (χ1v) is 4.31. The summed E-state index contributed by atoms with van der Waals surface area (Å²) in [7, 11) is 1.05. The predicted molar refractivity (Wildman–Crippen MR) is 48.9 cm³/mol. The Bertz CT molecular complexity index is 377. The fourth-order valence-corrected chi connectivity index (χ4v) is 1.09. The minimum absolute atomic E-state index is 0.167. The molecule has 0 radical (unpaired) electrons. The van der Waals surface area contributed by atoms with Crippen molar-refractivity contribution in [1.82, 2.24) is 0 Å². The van der Waals surface area contributed by atoms with Crippen molar-refractivity contribution in [3.05, 3.63) is 29.3 Å². The lowest BCUT2D eigenvalue weighted by atomic mass is 10.2. The van der Waals surface area contributed by atoms with Crippen LogP contribution in [0.5, 0.6) is 5.75 Å². The van der Waals surface area contributed by atoms with E-state index in [1.165, 1.54) is 0 Å². The average Bonchev–Trinajstić information content (AvgIpc) is 2.22. The van der Waals surface area contributed by atoms with Crippen LogP contribution >= 0.6 is 0 Å². The van der Waals surface area contributed by atoms with Crippen LogP contribution < -0.4 is 4.74 Å². The lowest BCUT2D eigenvalue weighted by Crippen LogP contribution is -2.09. The number of esters is 1. The molecule has 3 nitrogen and oxygen atoms in total. The Morgan fingerprint density at radius 3 is 2.60 bits per heavy atom. The molecule has 1 aromatic carbocycles. The number of carbonyl (C=O) groups is 1. The van der Waals surface area contributed by atoms with Gasteiger partial charge in [0.25, 0.3) is 0 Å². The number of rotatable bonds is 3. The molecule has 15 heavy (non-hydrogen) atoms. The Morgan fingerprint density at radius 2 is 2.07 bits per heavy atom. The number of methoxy groups -OCH3 is 1. The topological polar surface area (TPSA) is 35.5 Å². The maximum Gasteiger partial charge on any atom is 0.344 e. The van der Waals surface area contributed by atoms with Crippen molar-refractivity contribution in [1.29, 1.82) is 0 Å². The summed E-state index contributed by atoms with van der Waals surface area (Å²) in [6.07, 6.45) is 0. The van der Waals surface area contributed by atoms with E-state index in [9.17, 15) is 13.6 Å². The van der Waals surface area contributed by atoms with Gasteiger partial charge in [-0.15, -0.1) is 0 Å². The van der Waals surface area contributed by atoms with Crippen LogP contribution in [0.3, 0.4) is 0 Å². The monoisotopic (exact) mass is 216 g/mol. The van der Waals surface area contributed by atoms with Gasteiger partial charge in [0.05, 0.1) is 13.7 Å². The highest BCUT2D eigenvalue weighted by Crippen LogP contribution is 2.23. The van der Waals surface area contributed by atoms with Crippen LogP contribution in [-0.2, 0) is 4.74 Å². The average molecular weight is 216 g/mol. The van der Waals surface area contributed by atoms with Crippen molar-refractivity contribution in [2.24, 2.45) is 0 Å². The molecule has 5 heteroatoms. The molecular formula is C10H10F2O3. The Morgan fingerprint density at radius 1 is 1.40 bits per heavy atom. The van der Waals surface area contributed by atoms with Crippen molar-refractivity contribution in [3.63, 3.8) is 0 Å². The Balaban J connectivity index is 3.23. The van der Waals surface area contributed by atoms with E-state index < -0.39 is 23.2 Å². The minimum atomic E-state index is -1.06. The molecule has 1 rings (SSSR count). The molecular weight excluding hydrogens is 206 g/mol. The molecule has 0 spiro atoms. The van der Waals surface area contributed by atoms with E-state index in [1.54, 1.807) is 6.92 Å². The van der Waals surface area contributed by atoms with Crippen molar-refractivity contribution in [2.75, 3.05) is 13.7 Å². The third kappa shape index (κ3) is 2.23. The zero-order valence-corrected chi connectivity index (χ0v) is 8.34. The summed E-state index contributed by atoms with van der Waals surface area (Å²) in [6.45, 7) is 1.88. The van der Waals surface area contributed by atoms with Crippen LogP contribution in [0.25, 0.3) is 0 Å². The molecule has 0 N–H and O–H groups in total. The number of hydrogen-bond donors (Lipinski definition) is 0. The van der Waals surface area contributed by atoms with Crippen molar-refractivity contribution in [3.8, 4) is 5.75 Å². The summed E-state index contributed by atoms with van der Waals surface area (Å²) in [5.41, 5.74) is -0.733. The summed E-state index contributed by atoms with van der Waals surface area (Å²) in [5.74, 6) is -3.24. The molecule has 0 heterocycles. The van der Waals surface area contributed by atoms with Crippen molar-refractivity contribution in [2.45, 2.75) is 6.92 Å². The molecule has 82 valence electrons. The van der Waals surface area contributed by atoms with Crippen molar-refractivity contribution < 1.29 is 23.0 Å². The number of hydrogen-bond acceptors (Lipinski definition) is 3. The van der Waals surface area contributed by atoms with E-state index in [0.29, 0.717) is 0 Å². The molecule has 0 bridgehead atoms. The summed E-state index contributed by atoms with van der Waals surface area (Å²) in [4.78, 5) is 11.1. The molecule has 0 saturated heterocycles. The second-order valence-electron chi connectivity index (χ2n) is 2.66. The first-order chi connectivity index (χ1) is 7.11. The lowest BCUT2D eigenvalue weighted by Gasteiger charge is -2.08. The SMILES string of the molecule is CCOc1ccc(F)c(C(=O)OC)c1F. The Hall–Kier alpha value is -1.65. The zero-order chi connectivity index (χ0) is 11.4. The quantitative estimate of drug-likeness (QED) is 0.726. The van der Waals surface area contributed by atoms with Crippen LogP contribution in [0.15, 0.2) is 12.1 Å². The zero-order valence-electron chi connectivity index (χ0n) is 8.34. The Labute approximate surface area is 85.6 Å². The molecule has 0 saturated carbocycles. The standard InChI is InChI=1S/C10H10F2O3/c1-3-15-7-5-4-6(11)8(9(7)12)10(13)14-2/h4-5H,3H2,1-2H3. The molecule has 0 fully saturated rings. The fourth-order valence-electron chi connectivity index (χ4n) is 1.09. The predicted octanol–water partition coefficient (Wildman–Crippen LogP) is 2.15. The van der Waals surface area contributed by atoms with Gasteiger partial charge in [-0.05, 0) is 19.1 Å². The summed E-state index contributed by atoms with van der Waals surface area (Å²) in [6, 6.07) is 2.08. The normalized spacial score (nSPS) is 9.87. The van der Waals surface area contributed by atoms with E-state index in [0.717, 1.165) is 19.2 Å². The molecule has 0 atom stereocenters. The smallest absolute Gasteiger partial charge is 0.344 e. The Kier molecular flexibility index (Phi) is 3.60. The van der Waals surface area contributed by atoms with Crippen LogP contribution in [-0.4, -0.2) is 19.7 Å². The van der Waals surface area contributed by atoms with Gasteiger partial charge in [0.2, 0.25) is 0 Å². The van der Waals surface area contributed by atoms with Gasteiger partial charge >= 0.3 is 5.97 Å². The highest BCUT2D eigenvalue weighted by atomic mass is 19.1. The van der Waals surface area contributed by atoms with Crippen LogP contribution in [0.1, 0.15) is 17.3 Å².